The summed E-state index contributed by atoms with van der Waals surface area (Å²) in [5.41, 5.74) is 1.69. The SMILES string of the molecule is Cc1cc(C)n(N=Cc2ccccn2)c(=O)c1C#N. The van der Waals surface area contributed by atoms with Crippen LogP contribution in [-0.2, 0) is 0 Å². The molecule has 0 aliphatic heterocycles. The van der Waals surface area contributed by atoms with Gasteiger partial charge in [0.25, 0.3) is 5.56 Å². The van der Waals surface area contributed by atoms with E-state index in [2.05, 4.69) is 10.1 Å². The molecule has 0 spiro atoms. The lowest BCUT2D eigenvalue weighted by molar-refractivity contribution is 0.786. The maximum absolute atomic E-state index is 12.1. The number of aromatic nitrogens is 2. The van der Waals surface area contributed by atoms with E-state index in [9.17, 15) is 4.79 Å². The van der Waals surface area contributed by atoms with Gasteiger partial charge in [-0.05, 0) is 37.6 Å². The molecule has 0 aliphatic carbocycles. The van der Waals surface area contributed by atoms with Crippen LogP contribution in [0.15, 0.2) is 40.4 Å². The maximum atomic E-state index is 12.1. The second-order valence-corrected chi connectivity index (χ2v) is 4.07. The first-order valence-corrected chi connectivity index (χ1v) is 5.72. The van der Waals surface area contributed by atoms with E-state index in [1.807, 2.05) is 12.1 Å². The smallest absolute Gasteiger partial charge is 0.266 e. The highest BCUT2D eigenvalue weighted by Gasteiger charge is 2.08. The predicted molar refractivity (Wildman–Crippen MR) is 72.1 cm³/mol. The standard InChI is InChI=1S/C14H12N4O/c1-10-7-11(2)18(14(19)13(10)8-15)17-9-12-5-3-4-6-16-12/h3-7,9H,1-2H3. The monoisotopic (exact) mass is 252 g/mol. The number of pyridine rings is 2. The molecule has 2 rings (SSSR count). The number of rotatable bonds is 2. The van der Waals surface area contributed by atoms with Gasteiger partial charge in [-0.15, -0.1) is 0 Å². The first-order valence-electron chi connectivity index (χ1n) is 5.72. The summed E-state index contributed by atoms with van der Waals surface area (Å²) < 4.78 is 1.21. The summed E-state index contributed by atoms with van der Waals surface area (Å²) in [5, 5.41) is 13.1. The van der Waals surface area contributed by atoms with Crippen molar-refractivity contribution in [3.63, 3.8) is 0 Å². The van der Waals surface area contributed by atoms with Crippen molar-refractivity contribution in [3.8, 4) is 6.07 Å². The summed E-state index contributed by atoms with van der Waals surface area (Å²) in [6, 6.07) is 9.08. The predicted octanol–water partition coefficient (Wildman–Crippen LogP) is 1.61. The lowest BCUT2D eigenvalue weighted by atomic mass is 10.1. The molecule has 2 heterocycles. The molecule has 0 aromatic carbocycles. The molecule has 0 radical (unpaired) electrons. The molecule has 0 N–H and O–H groups in total. The average Bonchev–Trinajstić information content (AvgIpc) is 2.39. The van der Waals surface area contributed by atoms with Crippen molar-refractivity contribution >= 4 is 6.21 Å². The zero-order chi connectivity index (χ0) is 13.8. The molecule has 0 fully saturated rings. The summed E-state index contributed by atoms with van der Waals surface area (Å²) in [4.78, 5) is 16.2. The van der Waals surface area contributed by atoms with Gasteiger partial charge in [-0.1, -0.05) is 6.07 Å². The zero-order valence-corrected chi connectivity index (χ0v) is 10.7. The highest BCUT2D eigenvalue weighted by Crippen LogP contribution is 2.05. The number of aryl methyl sites for hydroxylation is 2. The lowest BCUT2D eigenvalue weighted by Gasteiger charge is -2.05. The molecule has 5 heteroatoms. The number of hydrogen-bond donors (Lipinski definition) is 0. The molecule has 0 atom stereocenters. The van der Waals surface area contributed by atoms with Crippen molar-refractivity contribution in [2.45, 2.75) is 13.8 Å². The average molecular weight is 252 g/mol. The van der Waals surface area contributed by atoms with Crippen LogP contribution in [-0.4, -0.2) is 15.9 Å². The fraction of sp³-hybridized carbons (Fsp3) is 0.143. The molecule has 0 saturated heterocycles. The van der Waals surface area contributed by atoms with E-state index in [0.717, 1.165) is 0 Å². The Bertz CT molecular complexity index is 724. The first kappa shape index (κ1) is 12.7. The summed E-state index contributed by atoms with van der Waals surface area (Å²) in [5.74, 6) is 0. The third kappa shape index (κ3) is 2.58. The molecule has 2 aromatic heterocycles. The van der Waals surface area contributed by atoms with Gasteiger partial charge in [0, 0.05) is 11.9 Å². The quantitative estimate of drug-likeness (QED) is 0.762. The number of nitriles is 1. The van der Waals surface area contributed by atoms with Gasteiger partial charge in [-0.25, -0.2) is 4.68 Å². The van der Waals surface area contributed by atoms with Gasteiger partial charge in [0.15, 0.2) is 0 Å². The number of nitrogens with zero attached hydrogens (tertiary/aromatic N) is 4. The van der Waals surface area contributed by atoms with E-state index < -0.39 is 5.56 Å². The Hall–Kier alpha value is -2.74. The van der Waals surface area contributed by atoms with E-state index in [-0.39, 0.29) is 5.56 Å². The Kier molecular flexibility index (Phi) is 3.53. The molecule has 0 saturated carbocycles. The minimum absolute atomic E-state index is 0.115. The van der Waals surface area contributed by atoms with Crippen LogP contribution in [0.5, 0.6) is 0 Å². The fourth-order valence-corrected chi connectivity index (χ4v) is 1.73. The van der Waals surface area contributed by atoms with Crippen molar-refractivity contribution in [1.29, 1.82) is 5.26 Å². The van der Waals surface area contributed by atoms with Gasteiger partial charge in [0.2, 0.25) is 0 Å². The van der Waals surface area contributed by atoms with Gasteiger partial charge >= 0.3 is 0 Å². The third-order valence-corrected chi connectivity index (χ3v) is 2.67. The summed E-state index contributed by atoms with van der Waals surface area (Å²) in [6.07, 6.45) is 3.14. The topological polar surface area (TPSA) is 71.0 Å². The van der Waals surface area contributed by atoms with Crippen LogP contribution in [0.4, 0.5) is 0 Å². The van der Waals surface area contributed by atoms with Crippen LogP contribution < -0.4 is 5.56 Å². The summed E-state index contributed by atoms with van der Waals surface area (Å²) in [6.45, 7) is 3.51. The largest absolute Gasteiger partial charge is 0.289 e. The minimum Gasteiger partial charge on any atom is -0.266 e. The van der Waals surface area contributed by atoms with Gasteiger partial charge in [-0.3, -0.25) is 9.78 Å². The molecule has 94 valence electrons. The fourth-order valence-electron chi connectivity index (χ4n) is 1.73. The van der Waals surface area contributed by atoms with Crippen LogP contribution in [0.25, 0.3) is 0 Å². The van der Waals surface area contributed by atoms with Gasteiger partial charge in [0.05, 0.1) is 11.9 Å². The molecule has 0 unspecified atom stereocenters. The second kappa shape index (κ2) is 5.27. The van der Waals surface area contributed by atoms with Gasteiger partial charge < -0.3 is 0 Å². The Balaban J connectivity index is 2.50. The molecule has 2 aromatic rings. The molecule has 19 heavy (non-hydrogen) atoms. The van der Waals surface area contributed by atoms with E-state index in [1.165, 1.54) is 10.9 Å². The second-order valence-electron chi connectivity index (χ2n) is 4.07. The van der Waals surface area contributed by atoms with Crippen molar-refractivity contribution in [3.05, 3.63) is 63.3 Å². The van der Waals surface area contributed by atoms with Crippen molar-refractivity contribution in [1.82, 2.24) is 9.66 Å². The molecular weight excluding hydrogens is 240 g/mol. The normalized spacial score (nSPS) is 10.6. The molecule has 5 nitrogen and oxygen atoms in total. The van der Waals surface area contributed by atoms with Crippen LogP contribution in [0, 0.1) is 25.2 Å². The minimum atomic E-state index is -0.410. The van der Waals surface area contributed by atoms with Crippen LogP contribution in [0.1, 0.15) is 22.5 Å². The van der Waals surface area contributed by atoms with Crippen LogP contribution in [0.2, 0.25) is 0 Å². The van der Waals surface area contributed by atoms with Crippen molar-refractivity contribution in [2.24, 2.45) is 5.10 Å². The zero-order valence-electron chi connectivity index (χ0n) is 10.7. The molecular formula is C14H12N4O. The summed E-state index contributed by atoms with van der Waals surface area (Å²) >= 11 is 0. The summed E-state index contributed by atoms with van der Waals surface area (Å²) in [7, 11) is 0. The Labute approximate surface area is 110 Å². The van der Waals surface area contributed by atoms with Crippen LogP contribution in [0.3, 0.4) is 0 Å². The highest BCUT2D eigenvalue weighted by molar-refractivity contribution is 5.76. The van der Waals surface area contributed by atoms with Gasteiger partial charge in [0.1, 0.15) is 11.6 Å². The van der Waals surface area contributed by atoms with Gasteiger partial charge in [-0.2, -0.15) is 10.4 Å². The molecule has 0 amide bonds. The number of hydrogen-bond acceptors (Lipinski definition) is 4. The third-order valence-electron chi connectivity index (χ3n) is 2.67. The van der Waals surface area contributed by atoms with E-state index >= 15 is 0 Å². The molecule has 0 bridgehead atoms. The van der Waals surface area contributed by atoms with E-state index in [0.29, 0.717) is 17.0 Å². The van der Waals surface area contributed by atoms with E-state index in [1.54, 1.807) is 38.2 Å². The molecule has 0 aliphatic rings. The van der Waals surface area contributed by atoms with Crippen molar-refractivity contribution < 1.29 is 0 Å². The maximum Gasteiger partial charge on any atom is 0.289 e. The lowest BCUT2D eigenvalue weighted by Crippen LogP contribution is -2.22. The Morgan fingerprint density at radius 2 is 2.21 bits per heavy atom. The first-order chi connectivity index (χ1) is 9.13. The Morgan fingerprint density at radius 1 is 1.42 bits per heavy atom. The van der Waals surface area contributed by atoms with E-state index in [4.69, 9.17) is 5.26 Å². The van der Waals surface area contributed by atoms with Crippen molar-refractivity contribution in [2.75, 3.05) is 0 Å². The van der Waals surface area contributed by atoms with Crippen LogP contribution >= 0.6 is 0 Å². The Morgan fingerprint density at radius 3 is 2.84 bits per heavy atom. The highest BCUT2D eigenvalue weighted by atomic mass is 16.1.